The number of likely N-dealkylation sites (tertiary alicyclic amines) is 1. The molecule has 0 radical (unpaired) electrons. The van der Waals surface area contributed by atoms with E-state index in [0.717, 1.165) is 36.4 Å². The summed E-state index contributed by atoms with van der Waals surface area (Å²) in [5, 5.41) is 3.49. The van der Waals surface area contributed by atoms with Crippen LogP contribution < -0.4 is 10.1 Å². The molecule has 1 aliphatic carbocycles. The molecule has 1 aromatic heterocycles. The van der Waals surface area contributed by atoms with E-state index in [1.54, 1.807) is 13.3 Å². The Labute approximate surface area is 173 Å². The first-order valence-corrected chi connectivity index (χ1v) is 9.33. The molecule has 2 fully saturated rings. The number of methoxy groups -OCH3 is 1. The summed E-state index contributed by atoms with van der Waals surface area (Å²) in [7, 11) is 3.53. The van der Waals surface area contributed by atoms with Gasteiger partial charge in [-0.05, 0) is 30.7 Å². The van der Waals surface area contributed by atoms with Gasteiger partial charge in [0, 0.05) is 45.6 Å². The fourth-order valence-electron chi connectivity index (χ4n) is 4.00. The number of ether oxygens (including phenoxy) is 2. The van der Waals surface area contributed by atoms with Crippen molar-refractivity contribution in [2.24, 2.45) is 16.8 Å². The molecule has 2 unspecified atom stereocenters. The van der Waals surface area contributed by atoms with Gasteiger partial charge in [-0.15, -0.1) is 24.0 Å². The monoisotopic (exact) mass is 474 g/mol. The highest BCUT2D eigenvalue weighted by Crippen LogP contribution is 2.35. The van der Waals surface area contributed by atoms with Crippen LogP contribution in [0.25, 0.3) is 0 Å². The van der Waals surface area contributed by atoms with Gasteiger partial charge in [0.15, 0.2) is 5.96 Å². The van der Waals surface area contributed by atoms with Gasteiger partial charge in [0.05, 0.1) is 6.61 Å². The van der Waals surface area contributed by atoms with Crippen molar-refractivity contribution in [2.75, 3.05) is 40.5 Å². The molecule has 0 aromatic carbocycles. The average Bonchev–Trinajstić information content (AvgIpc) is 3.07. The Morgan fingerprint density at radius 1 is 1.27 bits per heavy atom. The van der Waals surface area contributed by atoms with Crippen LogP contribution >= 0.6 is 24.0 Å². The molecular formula is C19H31IN4O2. The lowest BCUT2D eigenvalue weighted by Gasteiger charge is -2.22. The van der Waals surface area contributed by atoms with Crippen LogP contribution in [0.4, 0.5) is 0 Å². The number of pyridine rings is 1. The summed E-state index contributed by atoms with van der Waals surface area (Å²) in [5.41, 5.74) is 1.04. The fourth-order valence-corrected chi connectivity index (χ4v) is 4.00. The Bertz CT molecular complexity index is 570. The molecule has 1 aromatic rings. The second kappa shape index (κ2) is 10.9. The summed E-state index contributed by atoms with van der Waals surface area (Å²) in [6.07, 6.45) is 7.28. The zero-order chi connectivity index (χ0) is 17.5. The lowest BCUT2D eigenvalue weighted by Crippen LogP contribution is -2.40. The van der Waals surface area contributed by atoms with Gasteiger partial charge in [0.1, 0.15) is 6.61 Å². The maximum atomic E-state index is 5.72. The molecule has 0 bridgehead atoms. The number of nitrogens with one attached hydrogen (secondary N) is 1. The lowest BCUT2D eigenvalue weighted by atomic mass is 9.82. The van der Waals surface area contributed by atoms with E-state index >= 15 is 0 Å². The summed E-state index contributed by atoms with van der Waals surface area (Å²) in [5.74, 6) is 3.34. The van der Waals surface area contributed by atoms with Gasteiger partial charge in [-0.25, -0.2) is 4.98 Å². The third-order valence-corrected chi connectivity index (χ3v) is 5.30. The fraction of sp³-hybridized carbons (Fsp3) is 0.684. The number of aromatic nitrogens is 1. The minimum Gasteiger partial charge on any atom is -0.475 e. The maximum absolute atomic E-state index is 5.72. The van der Waals surface area contributed by atoms with Crippen LogP contribution in [0.3, 0.4) is 0 Å². The van der Waals surface area contributed by atoms with Gasteiger partial charge >= 0.3 is 0 Å². The molecule has 0 spiro atoms. The van der Waals surface area contributed by atoms with Crippen LogP contribution in [0.5, 0.6) is 5.88 Å². The molecule has 3 rings (SSSR count). The van der Waals surface area contributed by atoms with E-state index < -0.39 is 0 Å². The number of rotatable bonds is 6. The zero-order valence-corrected chi connectivity index (χ0v) is 18.1. The van der Waals surface area contributed by atoms with E-state index in [4.69, 9.17) is 9.47 Å². The maximum Gasteiger partial charge on any atom is 0.218 e. The largest absolute Gasteiger partial charge is 0.475 e. The zero-order valence-electron chi connectivity index (χ0n) is 15.8. The molecule has 146 valence electrons. The highest BCUT2D eigenvalue weighted by molar-refractivity contribution is 14.0. The Kier molecular flexibility index (Phi) is 8.90. The van der Waals surface area contributed by atoms with Crippen molar-refractivity contribution in [1.82, 2.24) is 15.2 Å². The first-order valence-electron chi connectivity index (χ1n) is 9.33. The summed E-state index contributed by atoms with van der Waals surface area (Å²) in [4.78, 5) is 11.3. The van der Waals surface area contributed by atoms with Crippen LogP contribution in [0.15, 0.2) is 23.3 Å². The number of hydrogen-bond donors (Lipinski definition) is 1. The van der Waals surface area contributed by atoms with Crippen molar-refractivity contribution in [1.29, 1.82) is 0 Å². The van der Waals surface area contributed by atoms with Crippen molar-refractivity contribution in [3.05, 3.63) is 23.9 Å². The molecule has 2 aliphatic rings. The number of guanidine groups is 1. The molecule has 2 atom stereocenters. The van der Waals surface area contributed by atoms with E-state index in [-0.39, 0.29) is 24.0 Å². The van der Waals surface area contributed by atoms with Crippen molar-refractivity contribution < 1.29 is 9.47 Å². The molecule has 6 nitrogen and oxygen atoms in total. The average molecular weight is 474 g/mol. The molecule has 1 saturated carbocycles. The van der Waals surface area contributed by atoms with Crippen LogP contribution in [0.1, 0.15) is 31.2 Å². The molecule has 7 heteroatoms. The summed E-state index contributed by atoms with van der Waals surface area (Å²) < 4.78 is 10.8. The van der Waals surface area contributed by atoms with Gasteiger partial charge in [-0.2, -0.15) is 0 Å². The van der Waals surface area contributed by atoms with Crippen LogP contribution in [0.2, 0.25) is 0 Å². The summed E-state index contributed by atoms with van der Waals surface area (Å²) in [6, 6.07) is 3.98. The smallest absolute Gasteiger partial charge is 0.218 e. The number of hydrogen-bond acceptors (Lipinski definition) is 4. The number of halogens is 1. The number of aliphatic imine (C=N–C) groups is 1. The van der Waals surface area contributed by atoms with Crippen molar-refractivity contribution in [2.45, 2.75) is 32.2 Å². The number of nitrogens with zero attached hydrogens (tertiary/aromatic N) is 3. The van der Waals surface area contributed by atoms with Crippen molar-refractivity contribution >= 4 is 29.9 Å². The predicted octanol–water partition coefficient (Wildman–Crippen LogP) is 2.92. The third kappa shape index (κ3) is 5.45. The van der Waals surface area contributed by atoms with Gasteiger partial charge in [-0.3, -0.25) is 4.99 Å². The van der Waals surface area contributed by atoms with Gasteiger partial charge in [-0.1, -0.05) is 18.9 Å². The topological polar surface area (TPSA) is 59.0 Å². The second-order valence-corrected chi connectivity index (χ2v) is 6.92. The van der Waals surface area contributed by atoms with Crippen LogP contribution in [0, 0.1) is 11.8 Å². The van der Waals surface area contributed by atoms with Crippen molar-refractivity contribution in [3.63, 3.8) is 0 Å². The molecule has 0 amide bonds. The highest BCUT2D eigenvalue weighted by atomic mass is 127. The normalized spacial score (nSPS) is 22.5. The van der Waals surface area contributed by atoms with E-state index in [2.05, 4.69) is 20.2 Å². The minimum absolute atomic E-state index is 0. The first-order chi connectivity index (χ1) is 12.3. The third-order valence-electron chi connectivity index (χ3n) is 5.30. The Hall–Kier alpha value is -1.09. The van der Waals surface area contributed by atoms with E-state index in [1.165, 1.54) is 25.7 Å². The molecular weight excluding hydrogens is 443 g/mol. The van der Waals surface area contributed by atoms with Crippen LogP contribution in [-0.4, -0.2) is 56.3 Å². The van der Waals surface area contributed by atoms with Gasteiger partial charge < -0.3 is 19.7 Å². The predicted molar refractivity (Wildman–Crippen MR) is 114 cm³/mol. The Morgan fingerprint density at radius 3 is 2.65 bits per heavy atom. The molecule has 1 N–H and O–H groups in total. The summed E-state index contributed by atoms with van der Waals surface area (Å²) in [6.45, 7) is 3.99. The lowest BCUT2D eigenvalue weighted by molar-refractivity contribution is 0.143. The van der Waals surface area contributed by atoms with E-state index in [9.17, 15) is 0 Å². The minimum atomic E-state index is 0. The molecule has 1 aliphatic heterocycles. The highest BCUT2D eigenvalue weighted by Gasteiger charge is 2.35. The Balaban J connectivity index is 0.00000243. The summed E-state index contributed by atoms with van der Waals surface area (Å²) >= 11 is 0. The molecule has 1 saturated heterocycles. The van der Waals surface area contributed by atoms with E-state index in [0.29, 0.717) is 25.6 Å². The van der Waals surface area contributed by atoms with Gasteiger partial charge in [0.25, 0.3) is 0 Å². The van der Waals surface area contributed by atoms with Crippen LogP contribution in [-0.2, 0) is 11.3 Å². The van der Waals surface area contributed by atoms with Crippen molar-refractivity contribution in [3.8, 4) is 5.88 Å². The standard InChI is InChI=1S/C19H30N4O2.HI/c1-20-19(23-13-16-6-3-4-7-17(16)14-23)22-12-15-8-5-9-21-18(15)25-11-10-24-2;/h5,8-9,16-17H,3-4,6-7,10-14H2,1-2H3,(H,20,22);1H. The second-order valence-electron chi connectivity index (χ2n) is 6.92. The number of fused-ring (bicyclic) bond motifs is 1. The Morgan fingerprint density at radius 2 is 2.00 bits per heavy atom. The van der Waals surface area contributed by atoms with Gasteiger partial charge in [0.2, 0.25) is 5.88 Å². The SMILES string of the molecule is CN=C(NCc1cccnc1OCCOC)N1CC2CCCCC2C1.I. The van der Waals surface area contributed by atoms with E-state index in [1.807, 2.05) is 19.2 Å². The molecule has 26 heavy (non-hydrogen) atoms. The quantitative estimate of drug-likeness (QED) is 0.298. The first kappa shape index (κ1) is 21.2. The molecule has 2 heterocycles.